The van der Waals surface area contributed by atoms with Gasteiger partial charge in [-0.15, -0.1) is 11.3 Å². The Hall–Kier alpha value is -1.89. The molecule has 0 radical (unpaired) electrons. The zero-order valence-electron chi connectivity index (χ0n) is 11.5. The van der Waals surface area contributed by atoms with Crippen molar-refractivity contribution in [1.29, 1.82) is 0 Å². The predicted octanol–water partition coefficient (Wildman–Crippen LogP) is 1.63. The second-order valence-electron chi connectivity index (χ2n) is 4.29. The smallest absolute Gasteiger partial charge is 0.303 e. The minimum Gasteiger partial charge on any atom is -0.481 e. The van der Waals surface area contributed by atoms with Gasteiger partial charge in [0.15, 0.2) is 0 Å². The van der Waals surface area contributed by atoms with E-state index in [1.54, 1.807) is 5.38 Å². The van der Waals surface area contributed by atoms with E-state index >= 15 is 0 Å². The maximum absolute atomic E-state index is 11.9. The fourth-order valence-corrected chi connectivity index (χ4v) is 2.71. The van der Waals surface area contributed by atoms with Crippen molar-refractivity contribution < 1.29 is 19.5 Å². The van der Waals surface area contributed by atoms with E-state index in [1.807, 2.05) is 13.8 Å². The van der Waals surface area contributed by atoms with Crippen LogP contribution in [0.5, 0.6) is 0 Å². The number of amides is 2. The second kappa shape index (κ2) is 7.64. The number of carboxylic acid groups (broad SMARTS) is 1. The van der Waals surface area contributed by atoms with Crippen LogP contribution in [0.1, 0.15) is 47.0 Å². The van der Waals surface area contributed by atoms with Gasteiger partial charge in [0.2, 0.25) is 5.91 Å². The summed E-state index contributed by atoms with van der Waals surface area (Å²) in [5.41, 5.74) is 6.18. The van der Waals surface area contributed by atoms with Crippen LogP contribution in [0.3, 0.4) is 0 Å². The number of nitrogens with one attached hydrogen (secondary N) is 2. The molecule has 110 valence electrons. The molecular weight excluding hydrogens is 280 g/mol. The van der Waals surface area contributed by atoms with E-state index in [2.05, 4.69) is 10.9 Å². The van der Waals surface area contributed by atoms with Gasteiger partial charge in [-0.3, -0.25) is 25.2 Å². The average Bonchev–Trinajstić information content (AvgIpc) is 2.76. The topological polar surface area (TPSA) is 95.5 Å². The number of aliphatic carboxylic acids is 1. The highest BCUT2D eigenvalue weighted by Crippen LogP contribution is 2.21. The van der Waals surface area contributed by atoms with Crippen LogP contribution in [0.4, 0.5) is 0 Å². The van der Waals surface area contributed by atoms with Crippen molar-refractivity contribution in [3.05, 3.63) is 21.4 Å². The molecule has 0 bridgehead atoms. The summed E-state index contributed by atoms with van der Waals surface area (Å²) in [7, 11) is 0. The minimum absolute atomic E-state index is 0.0644. The summed E-state index contributed by atoms with van der Waals surface area (Å²) < 4.78 is 0. The summed E-state index contributed by atoms with van der Waals surface area (Å²) in [6.07, 6.45) is 1.00. The van der Waals surface area contributed by atoms with Crippen LogP contribution in [-0.2, 0) is 16.0 Å². The summed E-state index contributed by atoms with van der Waals surface area (Å²) >= 11 is 1.50. The lowest BCUT2D eigenvalue weighted by Gasteiger charge is -2.07. The first-order chi connectivity index (χ1) is 9.45. The normalized spacial score (nSPS) is 10.1. The van der Waals surface area contributed by atoms with Crippen molar-refractivity contribution in [3.8, 4) is 0 Å². The Morgan fingerprint density at radius 3 is 2.55 bits per heavy atom. The van der Waals surface area contributed by atoms with Gasteiger partial charge in [0.1, 0.15) is 0 Å². The first-order valence-corrected chi connectivity index (χ1v) is 7.21. The van der Waals surface area contributed by atoms with E-state index in [1.165, 1.54) is 11.3 Å². The highest BCUT2D eigenvalue weighted by atomic mass is 32.1. The Balaban J connectivity index is 2.43. The number of hydrazine groups is 1. The zero-order valence-corrected chi connectivity index (χ0v) is 12.3. The lowest BCUT2D eigenvalue weighted by Crippen LogP contribution is -2.41. The van der Waals surface area contributed by atoms with Crippen LogP contribution in [0.15, 0.2) is 5.38 Å². The summed E-state index contributed by atoms with van der Waals surface area (Å²) in [6.45, 7) is 3.92. The van der Waals surface area contributed by atoms with Gasteiger partial charge in [-0.05, 0) is 25.3 Å². The molecule has 20 heavy (non-hydrogen) atoms. The third-order valence-corrected chi connectivity index (χ3v) is 3.77. The number of hydrogen-bond donors (Lipinski definition) is 3. The quantitative estimate of drug-likeness (QED) is 0.696. The molecule has 0 aliphatic rings. The fourth-order valence-electron chi connectivity index (χ4n) is 1.77. The highest BCUT2D eigenvalue weighted by molar-refractivity contribution is 7.10. The first kappa shape index (κ1) is 16.2. The number of carbonyl (C=O) groups excluding carboxylic acids is 2. The predicted molar refractivity (Wildman–Crippen MR) is 75.5 cm³/mol. The Labute approximate surface area is 121 Å². The monoisotopic (exact) mass is 298 g/mol. The van der Waals surface area contributed by atoms with Gasteiger partial charge in [-0.25, -0.2) is 0 Å². The van der Waals surface area contributed by atoms with E-state index in [4.69, 9.17) is 5.11 Å². The molecule has 1 rings (SSSR count). The molecule has 0 aliphatic heterocycles. The molecule has 1 aromatic heterocycles. The van der Waals surface area contributed by atoms with Crippen LogP contribution >= 0.6 is 11.3 Å². The van der Waals surface area contributed by atoms with Gasteiger partial charge < -0.3 is 5.11 Å². The molecule has 0 atom stereocenters. The Kier molecular flexibility index (Phi) is 6.17. The molecule has 0 aromatic carbocycles. The summed E-state index contributed by atoms with van der Waals surface area (Å²) in [5.74, 6) is -1.69. The number of hydrogen-bond acceptors (Lipinski definition) is 4. The number of thiophene rings is 1. The molecule has 0 saturated heterocycles. The summed E-state index contributed by atoms with van der Waals surface area (Å²) in [4.78, 5) is 34.7. The number of carboxylic acids is 1. The molecule has 7 heteroatoms. The molecule has 0 aliphatic carbocycles. The zero-order chi connectivity index (χ0) is 15.1. The van der Waals surface area contributed by atoms with Crippen LogP contribution in [-0.4, -0.2) is 22.9 Å². The van der Waals surface area contributed by atoms with Crippen molar-refractivity contribution in [1.82, 2.24) is 10.9 Å². The fraction of sp³-hybridized carbons (Fsp3) is 0.462. The van der Waals surface area contributed by atoms with Crippen molar-refractivity contribution >= 4 is 29.1 Å². The van der Waals surface area contributed by atoms with Crippen LogP contribution in [0.25, 0.3) is 0 Å². The van der Waals surface area contributed by atoms with Gasteiger partial charge >= 0.3 is 5.97 Å². The average molecular weight is 298 g/mol. The van der Waals surface area contributed by atoms with E-state index in [0.717, 1.165) is 16.9 Å². The molecule has 1 heterocycles. The summed E-state index contributed by atoms with van der Waals surface area (Å²) in [5, 5.41) is 10.2. The minimum atomic E-state index is -0.942. The number of carbonyl (C=O) groups is 3. The Morgan fingerprint density at radius 1 is 1.25 bits per heavy atom. The van der Waals surface area contributed by atoms with Crippen molar-refractivity contribution in [2.45, 2.75) is 39.5 Å². The van der Waals surface area contributed by atoms with Gasteiger partial charge in [0.05, 0.1) is 5.56 Å². The van der Waals surface area contributed by atoms with Crippen molar-refractivity contribution in [3.63, 3.8) is 0 Å². The highest BCUT2D eigenvalue weighted by Gasteiger charge is 2.14. The van der Waals surface area contributed by atoms with Gasteiger partial charge in [0.25, 0.3) is 5.91 Å². The molecule has 0 saturated carbocycles. The molecule has 3 N–H and O–H groups in total. The third-order valence-electron chi connectivity index (χ3n) is 2.81. The van der Waals surface area contributed by atoms with Crippen LogP contribution in [0, 0.1) is 6.92 Å². The molecule has 1 aromatic rings. The molecule has 0 spiro atoms. The number of aryl methyl sites for hydroxylation is 1. The van der Waals surface area contributed by atoms with E-state index in [9.17, 15) is 14.4 Å². The molecule has 2 amide bonds. The van der Waals surface area contributed by atoms with Crippen molar-refractivity contribution in [2.24, 2.45) is 0 Å². The maximum Gasteiger partial charge on any atom is 0.303 e. The van der Waals surface area contributed by atoms with Crippen LogP contribution < -0.4 is 10.9 Å². The molecule has 0 unspecified atom stereocenters. The maximum atomic E-state index is 11.9. The number of rotatable bonds is 6. The largest absolute Gasteiger partial charge is 0.481 e. The standard InChI is InChI=1S/C13H18N2O4S/c1-3-9-8(2)20-7-10(9)13(19)15-14-11(16)5-4-6-12(17)18/h7H,3-6H2,1-2H3,(H,14,16)(H,15,19)(H,17,18). The Morgan fingerprint density at radius 2 is 1.95 bits per heavy atom. The SMILES string of the molecule is CCc1c(C(=O)NNC(=O)CCCC(=O)O)csc1C. The molecule has 6 nitrogen and oxygen atoms in total. The second-order valence-corrected chi connectivity index (χ2v) is 5.37. The van der Waals surface area contributed by atoms with Gasteiger partial charge in [-0.2, -0.15) is 0 Å². The van der Waals surface area contributed by atoms with E-state index in [0.29, 0.717) is 5.56 Å². The Bertz CT molecular complexity index is 510. The first-order valence-electron chi connectivity index (χ1n) is 6.33. The summed E-state index contributed by atoms with van der Waals surface area (Å²) in [6, 6.07) is 0. The lowest BCUT2D eigenvalue weighted by atomic mass is 10.1. The van der Waals surface area contributed by atoms with E-state index < -0.39 is 11.9 Å². The van der Waals surface area contributed by atoms with Gasteiger partial charge in [0, 0.05) is 23.1 Å². The van der Waals surface area contributed by atoms with Crippen molar-refractivity contribution in [2.75, 3.05) is 0 Å². The molecule has 0 fully saturated rings. The third kappa shape index (κ3) is 4.65. The van der Waals surface area contributed by atoms with Gasteiger partial charge in [-0.1, -0.05) is 6.92 Å². The van der Waals surface area contributed by atoms with E-state index in [-0.39, 0.29) is 25.2 Å². The lowest BCUT2D eigenvalue weighted by molar-refractivity contribution is -0.137. The van der Waals surface area contributed by atoms with Crippen LogP contribution in [0.2, 0.25) is 0 Å². The molecular formula is C13H18N2O4S.